The van der Waals surface area contributed by atoms with E-state index in [1.165, 1.54) is 42.0 Å². The largest absolute Gasteiger partial charge is 0.325 e. The standard InChI is InChI=1S/C11H18N2S/c1-8-13-10(7-12)11(14-8)9-5-3-2-4-6-9/h9H,2-7,12H2,1H3. The quantitative estimate of drug-likeness (QED) is 0.815. The maximum atomic E-state index is 5.71. The highest BCUT2D eigenvalue weighted by Gasteiger charge is 2.20. The SMILES string of the molecule is Cc1nc(CN)c(C2CCCCC2)s1. The van der Waals surface area contributed by atoms with Gasteiger partial charge >= 0.3 is 0 Å². The molecule has 1 aliphatic rings. The third-order valence-electron chi connectivity index (χ3n) is 3.00. The van der Waals surface area contributed by atoms with E-state index in [2.05, 4.69) is 11.9 Å². The normalized spacial score (nSPS) is 18.7. The molecule has 0 atom stereocenters. The molecule has 0 spiro atoms. The number of hydrogen-bond acceptors (Lipinski definition) is 3. The Labute approximate surface area is 89.5 Å². The topological polar surface area (TPSA) is 38.9 Å². The molecule has 1 saturated carbocycles. The maximum absolute atomic E-state index is 5.71. The summed E-state index contributed by atoms with van der Waals surface area (Å²) in [6.07, 6.45) is 6.85. The van der Waals surface area contributed by atoms with Crippen LogP contribution >= 0.6 is 11.3 Å². The second-order valence-corrected chi connectivity index (χ2v) is 5.32. The predicted octanol–water partition coefficient (Wildman–Crippen LogP) is 2.96. The molecule has 3 heteroatoms. The Bertz CT molecular complexity index is 300. The summed E-state index contributed by atoms with van der Waals surface area (Å²) >= 11 is 1.85. The van der Waals surface area contributed by atoms with Crippen LogP contribution in [0, 0.1) is 6.92 Å². The molecule has 1 fully saturated rings. The van der Waals surface area contributed by atoms with Crippen molar-refractivity contribution in [3.05, 3.63) is 15.6 Å². The average molecular weight is 210 g/mol. The molecule has 0 unspecified atom stereocenters. The molecule has 0 bridgehead atoms. The summed E-state index contributed by atoms with van der Waals surface area (Å²) < 4.78 is 0. The van der Waals surface area contributed by atoms with E-state index in [9.17, 15) is 0 Å². The Hall–Kier alpha value is -0.410. The summed E-state index contributed by atoms with van der Waals surface area (Å²) in [7, 11) is 0. The van der Waals surface area contributed by atoms with Crippen molar-refractivity contribution >= 4 is 11.3 Å². The molecule has 2 nitrogen and oxygen atoms in total. The minimum atomic E-state index is 0.607. The van der Waals surface area contributed by atoms with Gasteiger partial charge in [-0.2, -0.15) is 0 Å². The predicted molar refractivity (Wildman–Crippen MR) is 60.6 cm³/mol. The fourth-order valence-electron chi connectivity index (χ4n) is 2.32. The van der Waals surface area contributed by atoms with Gasteiger partial charge < -0.3 is 5.73 Å². The molecule has 1 aromatic rings. The van der Waals surface area contributed by atoms with E-state index in [1.54, 1.807) is 0 Å². The van der Waals surface area contributed by atoms with Crippen LogP contribution in [0.2, 0.25) is 0 Å². The molecular formula is C11H18N2S. The number of aromatic nitrogens is 1. The van der Waals surface area contributed by atoms with Gasteiger partial charge in [-0.25, -0.2) is 4.98 Å². The minimum Gasteiger partial charge on any atom is -0.325 e. The Morgan fingerprint density at radius 2 is 2.07 bits per heavy atom. The second kappa shape index (κ2) is 4.41. The number of rotatable bonds is 2. The van der Waals surface area contributed by atoms with Crippen molar-refractivity contribution in [1.29, 1.82) is 0 Å². The molecule has 78 valence electrons. The van der Waals surface area contributed by atoms with E-state index in [4.69, 9.17) is 5.73 Å². The fraction of sp³-hybridized carbons (Fsp3) is 0.727. The molecule has 2 rings (SSSR count). The van der Waals surface area contributed by atoms with E-state index in [0.29, 0.717) is 6.54 Å². The van der Waals surface area contributed by atoms with Crippen LogP contribution in [0.15, 0.2) is 0 Å². The van der Waals surface area contributed by atoms with Crippen molar-refractivity contribution in [3.8, 4) is 0 Å². The van der Waals surface area contributed by atoms with Crippen LogP contribution in [0.3, 0.4) is 0 Å². The Morgan fingerprint density at radius 3 is 2.71 bits per heavy atom. The highest BCUT2D eigenvalue weighted by atomic mass is 32.1. The van der Waals surface area contributed by atoms with Crippen LogP contribution in [-0.4, -0.2) is 4.98 Å². The summed E-state index contributed by atoms with van der Waals surface area (Å²) in [5.41, 5.74) is 6.87. The smallest absolute Gasteiger partial charge is 0.0900 e. The van der Waals surface area contributed by atoms with E-state index in [0.717, 1.165) is 11.6 Å². The van der Waals surface area contributed by atoms with Gasteiger partial charge in [0.05, 0.1) is 10.7 Å². The van der Waals surface area contributed by atoms with Crippen molar-refractivity contribution in [2.45, 2.75) is 51.5 Å². The van der Waals surface area contributed by atoms with Crippen LogP contribution in [-0.2, 0) is 6.54 Å². The molecule has 0 aliphatic heterocycles. The minimum absolute atomic E-state index is 0.607. The first-order chi connectivity index (χ1) is 6.81. The van der Waals surface area contributed by atoms with Gasteiger partial charge in [0, 0.05) is 11.4 Å². The molecule has 0 aromatic carbocycles. The lowest BCUT2D eigenvalue weighted by Crippen LogP contribution is -2.07. The third-order valence-corrected chi connectivity index (χ3v) is 4.18. The highest BCUT2D eigenvalue weighted by molar-refractivity contribution is 7.11. The zero-order chi connectivity index (χ0) is 9.97. The number of nitrogens with two attached hydrogens (primary N) is 1. The Balaban J connectivity index is 2.20. The third kappa shape index (κ3) is 1.98. The summed E-state index contributed by atoms with van der Waals surface area (Å²) in [6.45, 7) is 2.69. The van der Waals surface area contributed by atoms with E-state index in [1.807, 2.05) is 11.3 Å². The molecule has 1 aromatic heterocycles. The van der Waals surface area contributed by atoms with Crippen molar-refractivity contribution in [2.75, 3.05) is 0 Å². The number of nitrogens with zero attached hydrogens (tertiary/aromatic N) is 1. The van der Waals surface area contributed by atoms with Gasteiger partial charge in [-0.05, 0) is 25.7 Å². The number of hydrogen-bond donors (Lipinski definition) is 1. The Morgan fingerprint density at radius 1 is 1.36 bits per heavy atom. The summed E-state index contributed by atoms with van der Waals surface area (Å²) in [4.78, 5) is 5.97. The molecule has 1 aliphatic carbocycles. The first-order valence-electron chi connectivity index (χ1n) is 5.47. The van der Waals surface area contributed by atoms with Crippen LogP contribution < -0.4 is 5.73 Å². The van der Waals surface area contributed by atoms with Crippen LogP contribution in [0.25, 0.3) is 0 Å². The molecule has 0 radical (unpaired) electrons. The molecule has 0 saturated heterocycles. The van der Waals surface area contributed by atoms with E-state index in [-0.39, 0.29) is 0 Å². The lowest BCUT2D eigenvalue weighted by molar-refractivity contribution is 0.446. The van der Waals surface area contributed by atoms with E-state index < -0.39 is 0 Å². The zero-order valence-electron chi connectivity index (χ0n) is 8.75. The van der Waals surface area contributed by atoms with Gasteiger partial charge in [-0.1, -0.05) is 19.3 Å². The number of aryl methyl sites for hydroxylation is 1. The van der Waals surface area contributed by atoms with Gasteiger partial charge in [0.25, 0.3) is 0 Å². The van der Waals surface area contributed by atoms with Crippen molar-refractivity contribution in [1.82, 2.24) is 4.98 Å². The van der Waals surface area contributed by atoms with Gasteiger partial charge in [0.2, 0.25) is 0 Å². The van der Waals surface area contributed by atoms with Crippen LogP contribution in [0.1, 0.15) is 53.6 Å². The first-order valence-corrected chi connectivity index (χ1v) is 6.29. The highest BCUT2D eigenvalue weighted by Crippen LogP contribution is 2.37. The van der Waals surface area contributed by atoms with Crippen molar-refractivity contribution in [3.63, 3.8) is 0 Å². The first kappa shape index (κ1) is 10.1. The van der Waals surface area contributed by atoms with Gasteiger partial charge in [0.1, 0.15) is 0 Å². The molecule has 14 heavy (non-hydrogen) atoms. The van der Waals surface area contributed by atoms with Crippen LogP contribution in [0.5, 0.6) is 0 Å². The van der Waals surface area contributed by atoms with Crippen molar-refractivity contribution < 1.29 is 0 Å². The average Bonchev–Trinajstić information content (AvgIpc) is 2.61. The maximum Gasteiger partial charge on any atom is 0.0900 e. The molecular weight excluding hydrogens is 192 g/mol. The lowest BCUT2D eigenvalue weighted by Gasteiger charge is -2.20. The number of thiazole rings is 1. The summed E-state index contributed by atoms with van der Waals surface area (Å²) in [5.74, 6) is 0.758. The summed E-state index contributed by atoms with van der Waals surface area (Å²) in [6, 6.07) is 0. The van der Waals surface area contributed by atoms with Crippen LogP contribution in [0.4, 0.5) is 0 Å². The Kier molecular flexibility index (Phi) is 3.19. The molecule has 0 amide bonds. The van der Waals surface area contributed by atoms with Gasteiger partial charge in [0.15, 0.2) is 0 Å². The van der Waals surface area contributed by atoms with Gasteiger partial charge in [-0.3, -0.25) is 0 Å². The zero-order valence-corrected chi connectivity index (χ0v) is 9.57. The monoisotopic (exact) mass is 210 g/mol. The van der Waals surface area contributed by atoms with Crippen molar-refractivity contribution in [2.24, 2.45) is 5.73 Å². The van der Waals surface area contributed by atoms with Gasteiger partial charge in [-0.15, -0.1) is 11.3 Å². The second-order valence-electron chi connectivity index (χ2n) is 4.08. The molecule has 1 heterocycles. The molecule has 2 N–H and O–H groups in total. The lowest BCUT2D eigenvalue weighted by atomic mass is 9.87. The van der Waals surface area contributed by atoms with E-state index >= 15 is 0 Å². The summed E-state index contributed by atoms with van der Waals surface area (Å²) in [5, 5.41) is 1.17. The fourth-order valence-corrected chi connectivity index (χ4v) is 3.44.